The number of thiol groups is 1. The first-order chi connectivity index (χ1) is 9.37. The molecular weight excluding hydrogens is 305 g/mol. The zero-order valence-corrected chi connectivity index (χ0v) is 11.8. The Morgan fingerprint density at radius 3 is 1.90 bits per heavy atom. The predicted octanol–water partition coefficient (Wildman–Crippen LogP) is 2.03. The second-order valence-electron chi connectivity index (χ2n) is 3.89. The van der Waals surface area contributed by atoms with E-state index in [2.05, 4.69) is 0 Å². The van der Waals surface area contributed by atoms with Crippen molar-refractivity contribution in [3.8, 4) is 0 Å². The Morgan fingerprint density at radius 1 is 0.950 bits per heavy atom. The molecule has 0 aromatic heterocycles. The van der Waals surface area contributed by atoms with Crippen LogP contribution in [-0.2, 0) is 20.4 Å². The minimum absolute atomic E-state index is 0.304. The molecule has 20 heavy (non-hydrogen) atoms. The summed E-state index contributed by atoms with van der Waals surface area (Å²) in [5, 5.41) is 0. The molecule has 0 unspecified atom stereocenters. The van der Waals surface area contributed by atoms with Crippen LogP contribution >= 0.6 is 0 Å². The highest BCUT2D eigenvalue weighted by Crippen LogP contribution is 2.27. The molecule has 0 atom stereocenters. The van der Waals surface area contributed by atoms with E-state index in [0.717, 1.165) is 12.1 Å². The van der Waals surface area contributed by atoms with Crippen molar-refractivity contribution >= 4 is 20.4 Å². The summed E-state index contributed by atoms with van der Waals surface area (Å²) in [4.78, 5) is -0.699. The van der Waals surface area contributed by atoms with Crippen LogP contribution in [0, 0.1) is 0 Å². The Morgan fingerprint density at radius 2 is 1.40 bits per heavy atom. The number of rotatable bonds is 4. The smallest absolute Gasteiger partial charge is 0.285 e. The fraction of sp³-hybridized carbons (Fsp3) is 0. The van der Waals surface area contributed by atoms with Crippen molar-refractivity contribution in [2.24, 2.45) is 0 Å². The molecule has 0 spiro atoms. The molecular formula is C12H12FNO4S2. The molecule has 0 saturated carbocycles. The Balaban J connectivity index is 2.46. The molecule has 0 aliphatic carbocycles. The quantitative estimate of drug-likeness (QED) is 0.668. The molecule has 0 aliphatic heterocycles. The molecule has 0 saturated heterocycles. The minimum Gasteiger partial charge on any atom is -0.285 e. The average Bonchev–Trinajstić information content (AvgIpc) is 2.48. The normalized spacial score (nSPS) is 13.3. The molecule has 2 aromatic carbocycles. The van der Waals surface area contributed by atoms with Gasteiger partial charge >= 0.3 is 0 Å². The number of hydrogen-bond acceptors (Lipinski definition) is 3. The zero-order chi connectivity index (χ0) is 14.8. The lowest BCUT2D eigenvalue weighted by molar-refractivity contribution is 0.235. The van der Waals surface area contributed by atoms with Crippen molar-refractivity contribution in [3.05, 3.63) is 60.7 Å². The summed E-state index contributed by atoms with van der Waals surface area (Å²) in [5.74, 6) is 0. The van der Waals surface area contributed by atoms with E-state index in [1.807, 2.05) is 0 Å². The molecule has 0 aliphatic rings. The van der Waals surface area contributed by atoms with Crippen molar-refractivity contribution in [2.45, 2.75) is 9.79 Å². The van der Waals surface area contributed by atoms with Gasteiger partial charge < -0.3 is 0 Å². The summed E-state index contributed by atoms with van der Waals surface area (Å²) >= 11 is 0. The van der Waals surface area contributed by atoms with Gasteiger partial charge in [-0.25, -0.2) is 8.42 Å². The Bertz CT molecular complexity index is 735. The van der Waals surface area contributed by atoms with E-state index in [1.54, 1.807) is 12.1 Å². The topological polar surface area (TPSA) is 74.7 Å². The Hall–Kier alpha value is -1.61. The van der Waals surface area contributed by atoms with Crippen LogP contribution in [0.5, 0.6) is 0 Å². The third-order valence-corrected chi connectivity index (χ3v) is 6.52. The van der Waals surface area contributed by atoms with Crippen LogP contribution in [0.1, 0.15) is 0 Å². The lowest BCUT2D eigenvalue weighted by atomic mass is 10.4. The van der Waals surface area contributed by atoms with Gasteiger partial charge in [0.05, 0.1) is 13.7 Å². The van der Waals surface area contributed by atoms with Gasteiger partial charge in [-0.1, -0.05) is 51.3 Å². The van der Waals surface area contributed by atoms with Gasteiger partial charge in [-0.3, -0.25) is 4.55 Å². The maximum Gasteiger partial charge on any atom is 0.286 e. The predicted molar refractivity (Wildman–Crippen MR) is 73.4 cm³/mol. The maximum absolute atomic E-state index is 14.1. The number of nitrogens with zero attached hydrogens (tertiary/aromatic N) is 1. The van der Waals surface area contributed by atoms with Gasteiger partial charge in [0.1, 0.15) is 0 Å². The van der Waals surface area contributed by atoms with Crippen molar-refractivity contribution in [3.63, 3.8) is 0 Å². The summed E-state index contributed by atoms with van der Waals surface area (Å²) in [7, 11) is -9.54. The minimum atomic E-state index is -4.84. The molecule has 0 bridgehead atoms. The third kappa shape index (κ3) is 2.63. The van der Waals surface area contributed by atoms with Gasteiger partial charge in [-0.05, 0) is 24.3 Å². The van der Waals surface area contributed by atoms with Gasteiger partial charge in [0.25, 0.3) is 10.0 Å². The van der Waals surface area contributed by atoms with Crippen molar-refractivity contribution in [1.29, 1.82) is 0 Å². The molecule has 5 nitrogen and oxygen atoms in total. The van der Waals surface area contributed by atoms with E-state index >= 15 is 0 Å². The third-order valence-electron chi connectivity index (χ3n) is 2.55. The molecule has 8 heteroatoms. The summed E-state index contributed by atoms with van der Waals surface area (Å²) in [6.45, 7) is 0. The van der Waals surface area contributed by atoms with E-state index in [-0.39, 0.29) is 4.90 Å². The fourth-order valence-electron chi connectivity index (χ4n) is 1.54. The highest BCUT2D eigenvalue weighted by Gasteiger charge is 2.33. The average molecular weight is 317 g/mol. The zero-order valence-electron chi connectivity index (χ0n) is 10.1. The lowest BCUT2D eigenvalue weighted by Crippen LogP contribution is -2.35. The molecule has 0 amide bonds. The molecule has 0 radical (unpaired) electrons. The summed E-state index contributed by atoms with van der Waals surface area (Å²) < 4.78 is 58.9. The number of sulfonamides is 1. The van der Waals surface area contributed by atoms with Crippen molar-refractivity contribution in [1.82, 2.24) is 3.93 Å². The van der Waals surface area contributed by atoms with Crippen LogP contribution < -0.4 is 0 Å². The molecule has 2 rings (SSSR count). The van der Waals surface area contributed by atoms with Gasteiger partial charge in [0.15, 0.2) is 0 Å². The highest BCUT2D eigenvalue weighted by atomic mass is 32.3. The molecule has 1 N–H and O–H groups in total. The van der Waals surface area contributed by atoms with Gasteiger partial charge in [-0.2, -0.15) is 4.21 Å². The summed E-state index contributed by atoms with van der Waals surface area (Å²) in [6, 6.07) is 13.4. The van der Waals surface area contributed by atoms with E-state index in [0.29, 0.717) is 0 Å². The van der Waals surface area contributed by atoms with E-state index in [4.69, 9.17) is 0 Å². The molecule has 0 fully saturated rings. The van der Waals surface area contributed by atoms with Crippen molar-refractivity contribution < 1.29 is 21.7 Å². The molecule has 2 aromatic rings. The first-order valence-corrected chi connectivity index (χ1v) is 8.57. The fourth-order valence-corrected chi connectivity index (χ4v) is 4.69. The van der Waals surface area contributed by atoms with Gasteiger partial charge in [0.2, 0.25) is 0 Å². The van der Waals surface area contributed by atoms with Crippen LogP contribution in [0.25, 0.3) is 0 Å². The SMILES string of the molecule is O=S(=O)(c1ccccc1)N(F)[SH](=O)(O)c1ccccc1. The standard InChI is InChI=1S/C12H12FNO4S2/c13-14(19(15,16)11-7-3-1-4-8-11)20(17,18)12-9-5-2-6-10-12/h1-10,19H,(H,15,16). The van der Waals surface area contributed by atoms with Crippen LogP contribution in [0.3, 0.4) is 0 Å². The first-order valence-electron chi connectivity index (χ1n) is 5.52. The monoisotopic (exact) mass is 317 g/mol. The number of halogens is 1. The summed E-state index contributed by atoms with van der Waals surface area (Å²) in [6.07, 6.45) is 0. The van der Waals surface area contributed by atoms with Crippen molar-refractivity contribution in [2.75, 3.05) is 0 Å². The second-order valence-corrected chi connectivity index (χ2v) is 7.86. The first kappa shape index (κ1) is 14.8. The number of benzene rings is 2. The van der Waals surface area contributed by atoms with Crippen LogP contribution in [-0.4, -0.2) is 21.1 Å². The number of hydrogen-bond donors (Lipinski definition) is 2. The summed E-state index contributed by atoms with van der Waals surface area (Å²) in [5.41, 5.74) is 0. The Kier molecular flexibility index (Phi) is 4.00. The Labute approximate surface area is 117 Å². The van der Waals surface area contributed by atoms with Crippen LogP contribution in [0.2, 0.25) is 0 Å². The van der Waals surface area contributed by atoms with E-state index < -0.39 is 29.3 Å². The van der Waals surface area contributed by atoms with E-state index in [1.165, 1.54) is 36.4 Å². The van der Waals surface area contributed by atoms with Gasteiger partial charge in [0, 0.05) is 0 Å². The van der Waals surface area contributed by atoms with Gasteiger partial charge in [-0.15, -0.1) is 0 Å². The highest BCUT2D eigenvalue weighted by molar-refractivity contribution is 8.07. The maximum atomic E-state index is 14.1. The molecule has 108 valence electrons. The van der Waals surface area contributed by atoms with E-state index in [9.17, 15) is 21.7 Å². The molecule has 0 heterocycles. The lowest BCUT2D eigenvalue weighted by Gasteiger charge is -2.27. The van der Waals surface area contributed by atoms with Crippen LogP contribution in [0.4, 0.5) is 4.48 Å². The van der Waals surface area contributed by atoms with Crippen LogP contribution in [0.15, 0.2) is 70.5 Å². The largest absolute Gasteiger partial charge is 0.286 e. The second kappa shape index (κ2) is 5.41.